The molecule has 1 aliphatic heterocycles. The lowest BCUT2D eigenvalue weighted by Crippen LogP contribution is -2.31. The van der Waals surface area contributed by atoms with E-state index < -0.39 is 6.10 Å². The normalized spacial score (nSPS) is 21.2. The van der Waals surface area contributed by atoms with Crippen LogP contribution in [0.4, 0.5) is 4.39 Å². The van der Waals surface area contributed by atoms with E-state index in [2.05, 4.69) is 5.10 Å². The van der Waals surface area contributed by atoms with Crippen LogP contribution in [-0.4, -0.2) is 38.3 Å². The van der Waals surface area contributed by atoms with Gasteiger partial charge >= 0.3 is 0 Å². The van der Waals surface area contributed by atoms with E-state index in [1.54, 1.807) is 34.1 Å². The number of rotatable bonds is 3. The molecule has 1 aromatic carbocycles. The molecule has 1 aromatic heterocycles. The molecule has 2 heterocycles. The van der Waals surface area contributed by atoms with E-state index >= 15 is 0 Å². The highest BCUT2D eigenvalue weighted by atomic mass is 19.1. The molecule has 2 atom stereocenters. The zero-order chi connectivity index (χ0) is 16.6. The first-order valence-electron chi connectivity index (χ1n) is 7.74. The first-order valence-corrected chi connectivity index (χ1v) is 7.74. The standard InChI is InChI=1S/C17H20FN3O2/c1-11(2)21-9-13(8-19-21)17(23)20-10-15(22)7-16(20)12-3-5-14(18)6-4-12/h3-6,8-9,11,15-16,22H,7,10H2,1-2H3/t15-,16+/m1/s1. The molecule has 1 amide bonds. The summed E-state index contributed by atoms with van der Waals surface area (Å²) >= 11 is 0. The average Bonchev–Trinajstić information content (AvgIpc) is 3.14. The maximum absolute atomic E-state index is 13.1. The van der Waals surface area contributed by atoms with Gasteiger partial charge in [0.25, 0.3) is 5.91 Å². The molecule has 122 valence electrons. The molecule has 2 aromatic rings. The molecule has 0 radical (unpaired) electrons. The zero-order valence-electron chi connectivity index (χ0n) is 13.2. The van der Waals surface area contributed by atoms with Crippen molar-refractivity contribution in [3.8, 4) is 0 Å². The van der Waals surface area contributed by atoms with E-state index in [-0.39, 0.29) is 30.4 Å². The summed E-state index contributed by atoms with van der Waals surface area (Å²) in [6.45, 7) is 4.25. The largest absolute Gasteiger partial charge is 0.391 e. The van der Waals surface area contributed by atoms with Gasteiger partial charge in [-0.1, -0.05) is 12.1 Å². The van der Waals surface area contributed by atoms with Gasteiger partial charge < -0.3 is 10.0 Å². The summed E-state index contributed by atoms with van der Waals surface area (Å²) in [5, 5.41) is 14.2. The Labute approximate surface area is 134 Å². The monoisotopic (exact) mass is 317 g/mol. The van der Waals surface area contributed by atoms with Gasteiger partial charge in [0.05, 0.1) is 23.9 Å². The summed E-state index contributed by atoms with van der Waals surface area (Å²) in [6, 6.07) is 6.00. The second-order valence-corrected chi connectivity index (χ2v) is 6.22. The fourth-order valence-electron chi connectivity index (χ4n) is 2.94. The molecule has 3 rings (SSSR count). The molecule has 0 saturated carbocycles. The Morgan fingerprint density at radius 3 is 2.65 bits per heavy atom. The van der Waals surface area contributed by atoms with Crippen LogP contribution in [0.2, 0.25) is 0 Å². The Morgan fingerprint density at radius 2 is 2.04 bits per heavy atom. The predicted molar refractivity (Wildman–Crippen MR) is 83.4 cm³/mol. The number of nitrogens with zero attached hydrogens (tertiary/aromatic N) is 3. The minimum atomic E-state index is -0.575. The number of aromatic nitrogens is 2. The van der Waals surface area contributed by atoms with E-state index in [0.29, 0.717) is 12.0 Å². The summed E-state index contributed by atoms with van der Waals surface area (Å²) in [6.07, 6.45) is 3.15. The first-order chi connectivity index (χ1) is 11.0. The molecule has 6 heteroatoms. The highest BCUT2D eigenvalue weighted by molar-refractivity contribution is 5.94. The molecule has 23 heavy (non-hydrogen) atoms. The average molecular weight is 317 g/mol. The predicted octanol–water partition coefficient (Wildman–Crippen LogP) is 2.55. The van der Waals surface area contributed by atoms with Crippen LogP contribution < -0.4 is 0 Å². The van der Waals surface area contributed by atoms with Gasteiger partial charge in [0.1, 0.15) is 5.82 Å². The van der Waals surface area contributed by atoms with E-state index in [1.807, 2.05) is 13.8 Å². The van der Waals surface area contributed by atoms with Crippen molar-refractivity contribution in [1.82, 2.24) is 14.7 Å². The van der Waals surface area contributed by atoms with Crippen LogP contribution in [0, 0.1) is 5.82 Å². The number of aliphatic hydroxyl groups is 1. The van der Waals surface area contributed by atoms with Crippen molar-refractivity contribution in [2.45, 2.75) is 38.5 Å². The number of carbonyl (C=O) groups excluding carboxylic acids is 1. The summed E-state index contributed by atoms with van der Waals surface area (Å²) in [7, 11) is 0. The summed E-state index contributed by atoms with van der Waals surface area (Å²) in [4.78, 5) is 14.4. The maximum Gasteiger partial charge on any atom is 0.257 e. The van der Waals surface area contributed by atoms with Crippen molar-refractivity contribution >= 4 is 5.91 Å². The second kappa shape index (κ2) is 6.12. The van der Waals surface area contributed by atoms with E-state index in [9.17, 15) is 14.3 Å². The van der Waals surface area contributed by atoms with Crippen LogP contribution in [0.15, 0.2) is 36.7 Å². The van der Waals surface area contributed by atoms with Gasteiger partial charge in [-0.2, -0.15) is 5.10 Å². The smallest absolute Gasteiger partial charge is 0.257 e. The van der Waals surface area contributed by atoms with Crippen LogP contribution in [-0.2, 0) is 0 Å². The van der Waals surface area contributed by atoms with E-state index in [4.69, 9.17) is 0 Å². The molecule has 1 N–H and O–H groups in total. The Balaban J connectivity index is 1.86. The van der Waals surface area contributed by atoms with Gasteiger partial charge in [-0.15, -0.1) is 0 Å². The van der Waals surface area contributed by atoms with Crippen molar-refractivity contribution in [3.63, 3.8) is 0 Å². The lowest BCUT2D eigenvalue weighted by molar-refractivity contribution is 0.0715. The molecule has 0 unspecified atom stereocenters. The molecule has 1 fully saturated rings. The van der Waals surface area contributed by atoms with Crippen LogP contribution in [0.3, 0.4) is 0 Å². The van der Waals surface area contributed by atoms with Crippen molar-refractivity contribution in [1.29, 1.82) is 0 Å². The fraction of sp³-hybridized carbons (Fsp3) is 0.412. The van der Waals surface area contributed by atoms with Gasteiger partial charge in [-0.05, 0) is 38.0 Å². The Kier molecular flexibility index (Phi) is 4.17. The number of hydrogen-bond donors (Lipinski definition) is 1. The third-order valence-corrected chi connectivity index (χ3v) is 4.17. The number of carbonyl (C=O) groups is 1. The quantitative estimate of drug-likeness (QED) is 0.946. The molecule has 1 aliphatic rings. The molecule has 1 saturated heterocycles. The van der Waals surface area contributed by atoms with Gasteiger partial charge in [0.2, 0.25) is 0 Å². The number of β-amino-alcohol motifs (C(OH)–C–C–N with tert-alkyl or cyclic N) is 1. The van der Waals surface area contributed by atoms with Crippen molar-refractivity contribution in [3.05, 3.63) is 53.6 Å². The van der Waals surface area contributed by atoms with Gasteiger partial charge in [-0.25, -0.2) is 4.39 Å². The fourth-order valence-corrected chi connectivity index (χ4v) is 2.94. The number of aliphatic hydroxyl groups excluding tert-OH is 1. The van der Waals surface area contributed by atoms with Crippen LogP contribution >= 0.6 is 0 Å². The number of benzene rings is 1. The lowest BCUT2D eigenvalue weighted by Gasteiger charge is -2.24. The minimum absolute atomic E-state index is 0.164. The Bertz CT molecular complexity index is 696. The SMILES string of the molecule is CC(C)n1cc(C(=O)N2C[C@H](O)C[C@H]2c2ccc(F)cc2)cn1. The number of amides is 1. The van der Waals surface area contributed by atoms with Crippen LogP contribution in [0.25, 0.3) is 0 Å². The second-order valence-electron chi connectivity index (χ2n) is 6.22. The van der Waals surface area contributed by atoms with E-state index in [0.717, 1.165) is 5.56 Å². The summed E-state index contributed by atoms with van der Waals surface area (Å²) in [5.41, 5.74) is 1.33. The first kappa shape index (κ1) is 15.7. The van der Waals surface area contributed by atoms with Crippen molar-refractivity contribution in [2.75, 3.05) is 6.54 Å². The van der Waals surface area contributed by atoms with Gasteiger partial charge in [0.15, 0.2) is 0 Å². The van der Waals surface area contributed by atoms with Crippen LogP contribution in [0.5, 0.6) is 0 Å². The third-order valence-electron chi connectivity index (χ3n) is 4.17. The molecule has 0 spiro atoms. The third kappa shape index (κ3) is 3.12. The summed E-state index contributed by atoms with van der Waals surface area (Å²) in [5.74, 6) is -0.480. The topological polar surface area (TPSA) is 58.4 Å². The molecular weight excluding hydrogens is 297 g/mol. The van der Waals surface area contributed by atoms with Gasteiger partial charge in [-0.3, -0.25) is 9.48 Å². The highest BCUT2D eigenvalue weighted by Gasteiger charge is 2.36. The number of halogens is 1. The Hall–Kier alpha value is -2.21. The maximum atomic E-state index is 13.1. The van der Waals surface area contributed by atoms with E-state index in [1.165, 1.54) is 12.1 Å². The molecule has 0 bridgehead atoms. The molecule has 5 nitrogen and oxygen atoms in total. The number of likely N-dealkylation sites (tertiary alicyclic amines) is 1. The number of hydrogen-bond acceptors (Lipinski definition) is 3. The molecule has 0 aliphatic carbocycles. The van der Waals surface area contributed by atoms with Gasteiger partial charge in [0, 0.05) is 18.8 Å². The highest BCUT2D eigenvalue weighted by Crippen LogP contribution is 2.33. The van der Waals surface area contributed by atoms with Crippen molar-refractivity contribution in [2.24, 2.45) is 0 Å². The molecular formula is C17H20FN3O2. The van der Waals surface area contributed by atoms with Crippen LogP contribution in [0.1, 0.15) is 48.3 Å². The Morgan fingerprint density at radius 1 is 1.35 bits per heavy atom. The minimum Gasteiger partial charge on any atom is -0.391 e. The van der Waals surface area contributed by atoms with Crippen molar-refractivity contribution < 1.29 is 14.3 Å². The lowest BCUT2D eigenvalue weighted by atomic mass is 10.0. The zero-order valence-corrected chi connectivity index (χ0v) is 13.2. The summed E-state index contributed by atoms with van der Waals surface area (Å²) < 4.78 is 14.8.